The van der Waals surface area contributed by atoms with Crippen LogP contribution in [0.15, 0.2) is 57.9 Å². The third kappa shape index (κ3) is 5.44. The standard InChI is InChI=1S/C20H21BrFN3O4S/c21-16-4-1-3-15(13-16)20(27)23-14-19(26)24-9-2-10-25(12-11-24)30(28,29)18-7-5-17(22)6-8-18/h1,3-8,13H,2,9-12,14H2,(H,23,27). The lowest BCUT2D eigenvalue weighted by Gasteiger charge is -2.22. The number of sulfonamides is 1. The number of halogens is 2. The maximum atomic E-state index is 13.1. The maximum Gasteiger partial charge on any atom is 0.251 e. The van der Waals surface area contributed by atoms with Crippen LogP contribution in [-0.4, -0.2) is 62.2 Å². The van der Waals surface area contributed by atoms with Crippen molar-refractivity contribution in [2.24, 2.45) is 0 Å². The average molecular weight is 498 g/mol. The first-order valence-electron chi connectivity index (χ1n) is 9.34. The van der Waals surface area contributed by atoms with Crippen LogP contribution < -0.4 is 5.32 Å². The van der Waals surface area contributed by atoms with Crippen LogP contribution >= 0.6 is 15.9 Å². The minimum absolute atomic E-state index is 0.0185. The first-order valence-corrected chi connectivity index (χ1v) is 11.6. The monoisotopic (exact) mass is 497 g/mol. The Balaban J connectivity index is 1.57. The molecule has 1 aliphatic rings. The Bertz CT molecular complexity index is 1030. The van der Waals surface area contributed by atoms with Crippen molar-refractivity contribution in [1.29, 1.82) is 0 Å². The van der Waals surface area contributed by atoms with Gasteiger partial charge in [-0.15, -0.1) is 0 Å². The summed E-state index contributed by atoms with van der Waals surface area (Å²) in [6.45, 7) is 0.821. The molecule has 2 amide bonds. The van der Waals surface area contributed by atoms with Gasteiger partial charge >= 0.3 is 0 Å². The number of carbonyl (C=O) groups is 2. The summed E-state index contributed by atoms with van der Waals surface area (Å²) in [7, 11) is -3.76. The molecule has 1 saturated heterocycles. The largest absolute Gasteiger partial charge is 0.343 e. The van der Waals surface area contributed by atoms with Gasteiger partial charge in [0.05, 0.1) is 11.4 Å². The number of hydrogen-bond acceptors (Lipinski definition) is 4. The molecule has 10 heteroatoms. The minimum atomic E-state index is -3.76. The number of benzene rings is 2. The normalized spacial score (nSPS) is 15.5. The molecule has 160 valence electrons. The Morgan fingerprint density at radius 3 is 2.47 bits per heavy atom. The molecule has 1 fully saturated rings. The minimum Gasteiger partial charge on any atom is -0.343 e. The van der Waals surface area contributed by atoms with Gasteiger partial charge in [-0.25, -0.2) is 12.8 Å². The van der Waals surface area contributed by atoms with Crippen LogP contribution in [0.1, 0.15) is 16.8 Å². The van der Waals surface area contributed by atoms with E-state index in [1.54, 1.807) is 29.2 Å². The van der Waals surface area contributed by atoms with Gasteiger partial charge in [0, 0.05) is 36.2 Å². The third-order valence-corrected chi connectivity index (χ3v) is 7.15. The van der Waals surface area contributed by atoms with E-state index in [4.69, 9.17) is 0 Å². The summed E-state index contributed by atoms with van der Waals surface area (Å²) in [5.41, 5.74) is 0.435. The van der Waals surface area contributed by atoms with Crippen molar-refractivity contribution in [2.75, 3.05) is 32.7 Å². The molecule has 7 nitrogen and oxygen atoms in total. The molecule has 1 aliphatic heterocycles. The van der Waals surface area contributed by atoms with E-state index in [1.807, 2.05) is 0 Å². The predicted molar refractivity (Wildman–Crippen MR) is 113 cm³/mol. The number of carbonyl (C=O) groups excluding carboxylic acids is 2. The van der Waals surface area contributed by atoms with Crippen LogP contribution in [0.2, 0.25) is 0 Å². The Morgan fingerprint density at radius 2 is 1.77 bits per heavy atom. The first-order chi connectivity index (χ1) is 14.3. The molecular formula is C20H21BrFN3O4S. The highest BCUT2D eigenvalue weighted by atomic mass is 79.9. The van der Waals surface area contributed by atoms with Crippen molar-refractivity contribution in [3.8, 4) is 0 Å². The highest BCUT2D eigenvalue weighted by Gasteiger charge is 2.28. The van der Waals surface area contributed by atoms with Crippen LogP contribution in [0.5, 0.6) is 0 Å². The molecule has 0 spiro atoms. The molecule has 30 heavy (non-hydrogen) atoms. The summed E-state index contributed by atoms with van der Waals surface area (Å²) < 4.78 is 40.7. The van der Waals surface area contributed by atoms with Gasteiger partial charge < -0.3 is 10.2 Å². The summed E-state index contributed by atoms with van der Waals surface area (Å²) >= 11 is 3.30. The van der Waals surface area contributed by atoms with Crippen molar-refractivity contribution in [3.63, 3.8) is 0 Å². The van der Waals surface area contributed by atoms with Crippen LogP contribution in [-0.2, 0) is 14.8 Å². The molecule has 0 radical (unpaired) electrons. The number of nitrogens with one attached hydrogen (secondary N) is 1. The van der Waals surface area contributed by atoms with Gasteiger partial charge in [0.2, 0.25) is 15.9 Å². The molecule has 3 rings (SSSR count). The van der Waals surface area contributed by atoms with E-state index in [0.29, 0.717) is 18.5 Å². The molecule has 0 unspecified atom stereocenters. The molecule has 1 heterocycles. The van der Waals surface area contributed by atoms with E-state index in [2.05, 4.69) is 21.2 Å². The van der Waals surface area contributed by atoms with Crippen molar-refractivity contribution < 1.29 is 22.4 Å². The molecule has 0 atom stereocenters. The fourth-order valence-corrected chi connectivity index (χ4v) is 5.01. The van der Waals surface area contributed by atoms with E-state index in [0.717, 1.165) is 16.6 Å². The highest BCUT2D eigenvalue weighted by molar-refractivity contribution is 9.10. The summed E-state index contributed by atoms with van der Waals surface area (Å²) in [5.74, 6) is -1.15. The Labute approximate surface area is 183 Å². The van der Waals surface area contributed by atoms with Gasteiger partial charge in [-0.3, -0.25) is 9.59 Å². The SMILES string of the molecule is O=C(NCC(=O)N1CCCN(S(=O)(=O)c2ccc(F)cc2)CC1)c1cccc(Br)c1. The Hall–Kier alpha value is -2.30. The molecule has 2 aromatic rings. The van der Waals surface area contributed by atoms with Gasteiger partial charge in [0.15, 0.2) is 0 Å². The van der Waals surface area contributed by atoms with Crippen molar-refractivity contribution in [3.05, 3.63) is 64.4 Å². The smallest absolute Gasteiger partial charge is 0.251 e. The zero-order valence-electron chi connectivity index (χ0n) is 16.1. The van der Waals surface area contributed by atoms with Crippen molar-refractivity contribution >= 4 is 37.8 Å². The summed E-state index contributed by atoms with van der Waals surface area (Å²) in [4.78, 5) is 26.3. The number of nitrogens with zero attached hydrogens (tertiary/aromatic N) is 2. The molecule has 0 bridgehead atoms. The molecule has 1 N–H and O–H groups in total. The van der Waals surface area contributed by atoms with Gasteiger partial charge in [-0.05, 0) is 48.9 Å². The first kappa shape index (κ1) is 22.4. The fourth-order valence-electron chi connectivity index (χ4n) is 3.14. The second kappa shape index (κ2) is 9.67. The van der Waals surface area contributed by atoms with Gasteiger partial charge in [0.25, 0.3) is 5.91 Å². The zero-order chi connectivity index (χ0) is 21.7. The average Bonchev–Trinajstić information content (AvgIpc) is 2.99. The molecule has 0 aliphatic carbocycles. The second-order valence-corrected chi connectivity index (χ2v) is 9.64. The van der Waals surface area contributed by atoms with Crippen molar-refractivity contribution in [2.45, 2.75) is 11.3 Å². The van der Waals surface area contributed by atoms with E-state index >= 15 is 0 Å². The Kier molecular flexibility index (Phi) is 7.22. The number of rotatable bonds is 5. The maximum absolute atomic E-state index is 13.1. The number of amides is 2. The van der Waals surface area contributed by atoms with Gasteiger partial charge in [0.1, 0.15) is 5.82 Å². The molecule has 2 aromatic carbocycles. The number of hydrogen-bond donors (Lipinski definition) is 1. The zero-order valence-corrected chi connectivity index (χ0v) is 18.5. The van der Waals surface area contributed by atoms with E-state index in [9.17, 15) is 22.4 Å². The topological polar surface area (TPSA) is 86.8 Å². The Morgan fingerprint density at radius 1 is 1.03 bits per heavy atom. The van der Waals surface area contributed by atoms with Crippen LogP contribution in [0.25, 0.3) is 0 Å². The molecular weight excluding hydrogens is 477 g/mol. The third-order valence-electron chi connectivity index (χ3n) is 4.75. The van der Waals surface area contributed by atoms with Crippen LogP contribution in [0.4, 0.5) is 4.39 Å². The summed E-state index contributed by atoms with van der Waals surface area (Å²) in [5, 5.41) is 2.60. The predicted octanol–water partition coefficient (Wildman–Crippen LogP) is 2.24. The van der Waals surface area contributed by atoms with E-state index in [1.165, 1.54) is 16.4 Å². The molecule has 0 aromatic heterocycles. The molecule has 0 saturated carbocycles. The summed E-state index contributed by atoms with van der Waals surface area (Å²) in [6.07, 6.45) is 0.464. The lowest BCUT2D eigenvalue weighted by Crippen LogP contribution is -2.42. The lowest BCUT2D eigenvalue weighted by molar-refractivity contribution is -0.129. The fraction of sp³-hybridized carbons (Fsp3) is 0.300. The van der Waals surface area contributed by atoms with Gasteiger partial charge in [-0.2, -0.15) is 4.31 Å². The lowest BCUT2D eigenvalue weighted by atomic mass is 10.2. The van der Waals surface area contributed by atoms with Crippen LogP contribution in [0.3, 0.4) is 0 Å². The second-order valence-electron chi connectivity index (χ2n) is 6.79. The van der Waals surface area contributed by atoms with Crippen LogP contribution in [0, 0.1) is 5.82 Å². The highest BCUT2D eigenvalue weighted by Crippen LogP contribution is 2.18. The van der Waals surface area contributed by atoms with E-state index < -0.39 is 15.8 Å². The van der Waals surface area contributed by atoms with E-state index in [-0.39, 0.29) is 42.9 Å². The van der Waals surface area contributed by atoms with Crippen molar-refractivity contribution in [1.82, 2.24) is 14.5 Å². The quantitative estimate of drug-likeness (QED) is 0.686. The summed E-state index contributed by atoms with van der Waals surface area (Å²) in [6, 6.07) is 11.5. The van der Waals surface area contributed by atoms with Gasteiger partial charge in [-0.1, -0.05) is 22.0 Å².